The molecule has 7 heteroatoms. The number of rotatable bonds is 4. The first kappa shape index (κ1) is 13.4. The quantitative estimate of drug-likeness (QED) is 0.803. The van der Waals surface area contributed by atoms with Crippen molar-refractivity contribution in [2.24, 2.45) is 0 Å². The average molecular weight is 290 g/mol. The second-order valence-electron chi connectivity index (χ2n) is 4.74. The van der Waals surface area contributed by atoms with Gasteiger partial charge in [-0.05, 0) is 18.6 Å². The van der Waals surface area contributed by atoms with E-state index >= 15 is 0 Å². The van der Waals surface area contributed by atoms with Crippen LogP contribution < -0.4 is 4.90 Å². The predicted octanol–water partition coefficient (Wildman–Crippen LogP) is 2.02. The van der Waals surface area contributed by atoms with Crippen LogP contribution >= 0.6 is 11.8 Å². The van der Waals surface area contributed by atoms with E-state index in [1.54, 1.807) is 24.4 Å². The van der Waals surface area contributed by atoms with Crippen LogP contribution in [0.25, 0.3) is 0 Å². The summed E-state index contributed by atoms with van der Waals surface area (Å²) in [6.45, 7) is 4.10. The van der Waals surface area contributed by atoms with Gasteiger partial charge in [-0.25, -0.2) is 14.6 Å². The summed E-state index contributed by atoms with van der Waals surface area (Å²) in [7, 11) is 0. The van der Waals surface area contributed by atoms with Gasteiger partial charge < -0.3 is 4.90 Å². The van der Waals surface area contributed by atoms with Gasteiger partial charge in [0.1, 0.15) is 23.5 Å². The van der Waals surface area contributed by atoms with Crippen LogP contribution in [0.15, 0.2) is 30.1 Å². The fourth-order valence-electron chi connectivity index (χ4n) is 2.47. The van der Waals surface area contributed by atoms with Gasteiger partial charge in [0.15, 0.2) is 0 Å². The zero-order valence-corrected chi connectivity index (χ0v) is 12.3. The van der Waals surface area contributed by atoms with Crippen molar-refractivity contribution >= 4 is 17.6 Å². The van der Waals surface area contributed by atoms with E-state index in [-0.39, 0.29) is 0 Å². The Morgan fingerprint density at radius 3 is 2.80 bits per heavy atom. The fraction of sp³-hybridized carbons (Fsp3) is 0.538. The Bertz CT molecular complexity index is 536. The predicted molar refractivity (Wildman–Crippen MR) is 78.9 cm³/mol. The van der Waals surface area contributed by atoms with E-state index in [4.69, 9.17) is 0 Å². The lowest BCUT2D eigenvalue weighted by atomic mass is 10.1. The summed E-state index contributed by atoms with van der Waals surface area (Å²) in [5, 5.41) is 5.24. The molecule has 0 bridgehead atoms. The third kappa shape index (κ3) is 2.92. The molecule has 0 radical (unpaired) electrons. The molecule has 0 aromatic carbocycles. The van der Waals surface area contributed by atoms with Gasteiger partial charge in [-0.1, -0.05) is 6.92 Å². The van der Waals surface area contributed by atoms with Crippen molar-refractivity contribution in [2.45, 2.75) is 30.8 Å². The van der Waals surface area contributed by atoms with Crippen molar-refractivity contribution in [3.05, 3.63) is 25.0 Å². The molecule has 3 rings (SSSR count). The number of hydrogen-bond donors (Lipinski definition) is 0. The van der Waals surface area contributed by atoms with Gasteiger partial charge in [0.25, 0.3) is 0 Å². The van der Waals surface area contributed by atoms with E-state index in [1.807, 2.05) is 17.1 Å². The highest BCUT2D eigenvalue weighted by atomic mass is 32.2. The summed E-state index contributed by atoms with van der Waals surface area (Å²) in [5.41, 5.74) is 0. The second-order valence-corrected chi connectivity index (χ2v) is 6.03. The molecular weight excluding hydrogens is 272 g/mol. The average Bonchev–Trinajstić information content (AvgIpc) is 3.02. The Morgan fingerprint density at radius 1 is 1.25 bits per heavy atom. The van der Waals surface area contributed by atoms with Crippen LogP contribution in [-0.2, 0) is 0 Å². The molecule has 0 unspecified atom stereocenters. The number of aromatic nitrogens is 5. The lowest BCUT2D eigenvalue weighted by Crippen LogP contribution is -2.35. The molecule has 0 saturated carbocycles. The van der Waals surface area contributed by atoms with Gasteiger partial charge in [-0.15, -0.1) is 11.8 Å². The van der Waals surface area contributed by atoms with E-state index in [9.17, 15) is 0 Å². The molecule has 1 aliphatic heterocycles. The first-order chi connectivity index (χ1) is 9.86. The first-order valence-electron chi connectivity index (χ1n) is 6.90. The van der Waals surface area contributed by atoms with Crippen LogP contribution in [0.3, 0.4) is 0 Å². The van der Waals surface area contributed by atoms with Crippen molar-refractivity contribution in [1.29, 1.82) is 0 Å². The number of anilines is 1. The molecule has 2 aromatic heterocycles. The smallest absolute Gasteiger partial charge is 0.148 e. The minimum absolute atomic E-state index is 0.454. The molecule has 0 aliphatic carbocycles. The van der Waals surface area contributed by atoms with Crippen LogP contribution in [-0.4, -0.2) is 43.6 Å². The molecule has 20 heavy (non-hydrogen) atoms. The first-order valence-corrected chi connectivity index (χ1v) is 7.89. The van der Waals surface area contributed by atoms with E-state index in [1.165, 1.54) is 0 Å². The molecule has 0 spiro atoms. The molecule has 106 valence electrons. The van der Waals surface area contributed by atoms with Gasteiger partial charge in [0, 0.05) is 13.1 Å². The molecule has 0 amide bonds. The van der Waals surface area contributed by atoms with Crippen molar-refractivity contribution < 1.29 is 0 Å². The zero-order chi connectivity index (χ0) is 13.8. The maximum Gasteiger partial charge on any atom is 0.148 e. The summed E-state index contributed by atoms with van der Waals surface area (Å²) in [5.74, 6) is 2.01. The molecule has 1 aliphatic rings. The Kier molecular flexibility index (Phi) is 4.15. The maximum absolute atomic E-state index is 4.67. The molecule has 1 saturated heterocycles. The van der Waals surface area contributed by atoms with E-state index < -0.39 is 0 Å². The molecule has 2 aromatic rings. The highest BCUT2D eigenvalue weighted by molar-refractivity contribution is 7.99. The van der Waals surface area contributed by atoms with Crippen LogP contribution in [0.2, 0.25) is 0 Å². The standard InChI is InChI=1S/C13H18N6S/c1-2-20-13-8-14-7-12(17-13)18-5-3-11(4-6-18)19-10-15-9-16-19/h7-11H,2-6H2,1H3. The van der Waals surface area contributed by atoms with Gasteiger partial charge >= 0.3 is 0 Å². The van der Waals surface area contributed by atoms with Crippen LogP contribution in [0.4, 0.5) is 5.82 Å². The van der Waals surface area contributed by atoms with E-state index in [0.29, 0.717) is 6.04 Å². The van der Waals surface area contributed by atoms with Crippen molar-refractivity contribution in [2.75, 3.05) is 23.7 Å². The van der Waals surface area contributed by atoms with Crippen LogP contribution in [0, 0.1) is 0 Å². The SMILES string of the molecule is CCSc1cncc(N2CCC(n3cncn3)CC2)n1. The summed E-state index contributed by atoms with van der Waals surface area (Å²) in [6.07, 6.45) is 9.23. The second kappa shape index (κ2) is 6.21. The monoisotopic (exact) mass is 290 g/mol. The highest BCUT2D eigenvalue weighted by Crippen LogP contribution is 2.25. The van der Waals surface area contributed by atoms with Gasteiger partial charge in [-0.2, -0.15) is 5.10 Å². The topological polar surface area (TPSA) is 59.7 Å². The maximum atomic E-state index is 4.67. The number of thioether (sulfide) groups is 1. The molecule has 6 nitrogen and oxygen atoms in total. The molecule has 0 N–H and O–H groups in total. The Balaban J connectivity index is 1.64. The van der Waals surface area contributed by atoms with Crippen LogP contribution in [0.1, 0.15) is 25.8 Å². The summed E-state index contributed by atoms with van der Waals surface area (Å²) < 4.78 is 1.96. The van der Waals surface area contributed by atoms with E-state index in [2.05, 4.69) is 31.9 Å². The Hall–Kier alpha value is -1.63. The van der Waals surface area contributed by atoms with Gasteiger partial charge in [0.2, 0.25) is 0 Å². The van der Waals surface area contributed by atoms with Crippen molar-refractivity contribution in [3.63, 3.8) is 0 Å². The Labute approximate surface area is 122 Å². The lowest BCUT2D eigenvalue weighted by Gasteiger charge is -2.32. The number of hydrogen-bond acceptors (Lipinski definition) is 6. The minimum Gasteiger partial charge on any atom is -0.355 e. The third-order valence-electron chi connectivity index (χ3n) is 3.49. The number of nitrogens with zero attached hydrogens (tertiary/aromatic N) is 6. The zero-order valence-electron chi connectivity index (χ0n) is 11.5. The van der Waals surface area contributed by atoms with Gasteiger partial charge in [0.05, 0.1) is 18.4 Å². The number of piperidine rings is 1. The van der Waals surface area contributed by atoms with Crippen molar-refractivity contribution in [1.82, 2.24) is 24.7 Å². The normalized spacial score (nSPS) is 16.6. The summed E-state index contributed by atoms with van der Waals surface area (Å²) in [6, 6.07) is 0.454. The molecule has 3 heterocycles. The summed E-state index contributed by atoms with van der Waals surface area (Å²) in [4.78, 5) is 15.3. The molecule has 0 atom stereocenters. The molecule has 1 fully saturated rings. The lowest BCUT2D eigenvalue weighted by molar-refractivity contribution is 0.365. The summed E-state index contributed by atoms with van der Waals surface area (Å²) >= 11 is 1.73. The van der Waals surface area contributed by atoms with Gasteiger partial charge in [-0.3, -0.25) is 4.98 Å². The van der Waals surface area contributed by atoms with Crippen LogP contribution in [0.5, 0.6) is 0 Å². The minimum atomic E-state index is 0.454. The third-order valence-corrected chi connectivity index (χ3v) is 4.27. The van der Waals surface area contributed by atoms with E-state index in [0.717, 1.165) is 42.5 Å². The Morgan fingerprint density at radius 2 is 2.10 bits per heavy atom. The van der Waals surface area contributed by atoms with Crippen molar-refractivity contribution in [3.8, 4) is 0 Å². The highest BCUT2D eigenvalue weighted by Gasteiger charge is 2.22. The molecular formula is C13H18N6S. The largest absolute Gasteiger partial charge is 0.355 e. The fourth-order valence-corrected chi connectivity index (χ4v) is 3.06.